The van der Waals surface area contributed by atoms with Gasteiger partial charge in [-0.05, 0) is 47.2 Å². The zero-order chi connectivity index (χ0) is 30.2. The van der Waals surface area contributed by atoms with Crippen LogP contribution in [0.4, 0.5) is 0 Å². The molecule has 10 heteroatoms. The Labute approximate surface area is 230 Å². The van der Waals surface area contributed by atoms with Crippen molar-refractivity contribution < 1.29 is 49.1 Å². The average molecular weight is 551 g/mol. The van der Waals surface area contributed by atoms with Crippen LogP contribution in [-0.4, -0.2) is 44.3 Å². The molecule has 0 saturated carbocycles. The zero-order valence-electron chi connectivity index (χ0n) is 22.9. The standard InChI is InChI=1S/C30H30O10/c1-29(2,3)17-13-22(40-20-12-8-10-16(26(33)34)24(20)28(37)38)18(30(4,5)6)14-21(17)39-19-11-7-9-15(25(31)32)23(19)27(35)36/h7-14H,1-6H3,(H,31,32)(H,33,34)(H,35,36)(H,37,38). The number of hydrogen-bond acceptors (Lipinski definition) is 6. The molecule has 0 spiro atoms. The molecule has 40 heavy (non-hydrogen) atoms. The van der Waals surface area contributed by atoms with Crippen LogP contribution < -0.4 is 9.47 Å². The van der Waals surface area contributed by atoms with E-state index in [9.17, 15) is 39.6 Å². The molecule has 3 aromatic rings. The first-order valence-corrected chi connectivity index (χ1v) is 12.2. The normalized spacial score (nSPS) is 11.6. The Balaban J connectivity index is 2.30. The number of rotatable bonds is 8. The molecule has 0 unspecified atom stereocenters. The van der Waals surface area contributed by atoms with E-state index in [0.29, 0.717) is 11.1 Å². The van der Waals surface area contributed by atoms with E-state index in [-0.39, 0.29) is 23.0 Å². The van der Waals surface area contributed by atoms with Crippen LogP contribution in [0.5, 0.6) is 23.0 Å². The number of aromatic carboxylic acids is 4. The first-order valence-electron chi connectivity index (χ1n) is 12.2. The molecule has 0 saturated heterocycles. The molecule has 0 bridgehead atoms. The van der Waals surface area contributed by atoms with Crippen LogP contribution in [-0.2, 0) is 10.8 Å². The van der Waals surface area contributed by atoms with Crippen molar-refractivity contribution in [2.24, 2.45) is 0 Å². The second-order valence-electron chi connectivity index (χ2n) is 11.1. The Morgan fingerprint density at radius 3 is 1.10 bits per heavy atom. The zero-order valence-corrected chi connectivity index (χ0v) is 22.9. The lowest BCUT2D eigenvalue weighted by molar-refractivity contribution is 0.0649. The first kappa shape index (κ1) is 29.7. The van der Waals surface area contributed by atoms with Gasteiger partial charge in [-0.25, -0.2) is 19.2 Å². The number of benzene rings is 3. The van der Waals surface area contributed by atoms with Crippen molar-refractivity contribution in [3.63, 3.8) is 0 Å². The van der Waals surface area contributed by atoms with Gasteiger partial charge < -0.3 is 29.9 Å². The fourth-order valence-corrected chi connectivity index (χ4v) is 4.17. The molecular weight excluding hydrogens is 520 g/mol. The SMILES string of the molecule is CC(C)(C)c1cc(Oc2cccc(C(=O)O)c2C(=O)O)c(C(C)(C)C)cc1Oc1cccc(C(=O)O)c1C(=O)O. The third-order valence-electron chi connectivity index (χ3n) is 6.08. The van der Waals surface area contributed by atoms with Gasteiger partial charge >= 0.3 is 23.9 Å². The minimum absolute atomic E-state index is 0.172. The molecule has 0 fully saturated rings. The number of hydrogen-bond donors (Lipinski definition) is 4. The summed E-state index contributed by atoms with van der Waals surface area (Å²) in [5.74, 6) is -5.64. The van der Waals surface area contributed by atoms with Crippen molar-refractivity contribution in [2.45, 2.75) is 52.4 Å². The Kier molecular flexibility index (Phi) is 7.96. The molecule has 0 aromatic heterocycles. The van der Waals surface area contributed by atoms with Crippen molar-refractivity contribution in [2.75, 3.05) is 0 Å². The molecule has 10 nitrogen and oxygen atoms in total. The maximum atomic E-state index is 12.0. The highest BCUT2D eigenvalue weighted by molar-refractivity contribution is 6.04. The molecule has 0 atom stereocenters. The van der Waals surface area contributed by atoms with Crippen molar-refractivity contribution >= 4 is 23.9 Å². The molecule has 0 amide bonds. The van der Waals surface area contributed by atoms with Crippen LogP contribution in [0.25, 0.3) is 0 Å². The number of carboxylic acids is 4. The molecular formula is C30H30O10. The van der Waals surface area contributed by atoms with Gasteiger partial charge in [-0.2, -0.15) is 0 Å². The molecule has 0 aliphatic rings. The summed E-state index contributed by atoms with van der Waals surface area (Å²) < 4.78 is 12.2. The van der Waals surface area contributed by atoms with E-state index in [1.807, 2.05) is 41.5 Å². The van der Waals surface area contributed by atoms with Gasteiger partial charge in [-0.1, -0.05) is 53.7 Å². The highest BCUT2D eigenvalue weighted by Crippen LogP contribution is 2.45. The molecule has 3 rings (SSSR count). The lowest BCUT2D eigenvalue weighted by atomic mass is 9.80. The summed E-state index contributed by atoms with van der Waals surface area (Å²) in [6, 6.07) is 11.1. The maximum Gasteiger partial charge on any atom is 0.340 e. The summed E-state index contributed by atoms with van der Waals surface area (Å²) in [4.78, 5) is 47.4. The predicted octanol–water partition coefficient (Wildman–Crippen LogP) is 6.66. The van der Waals surface area contributed by atoms with Crippen LogP contribution in [0.2, 0.25) is 0 Å². The Bertz CT molecular complexity index is 1410. The predicted molar refractivity (Wildman–Crippen MR) is 145 cm³/mol. The van der Waals surface area contributed by atoms with Crippen LogP contribution >= 0.6 is 0 Å². The Morgan fingerprint density at radius 2 is 0.850 bits per heavy atom. The molecule has 0 aliphatic carbocycles. The second kappa shape index (κ2) is 10.7. The Morgan fingerprint density at radius 1 is 0.525 bits per heavy atom. The average Bonchev–Trinajstić information content (AvgIpc) is 2.82. The van der Waals surface area contributed by atoms with E-state index < -0.39 is 57.0 Å². The van der Waals surface area contributed by atoms with Crippen molar-refractivity contribution in [1.82, 2.24) is 0 Å². The fraction of sp³-hybridized carbons (Fsp3) is 0.267. The number of ether oxygens (including phenoxy) is 2. The van der Waals surface area contributed by atoms with Crippen LogP contribution in [0.3, 0.4) is 0 Å². The molecule has 0 radical (unpaired) electrons. The summed E-state index contributed by atoms with van der Waals surface area (Å²) >= 11 is 0. The van der Waals surface area contributed by atoms with E-state index >= 15 is 0 Å². The van der Waals surface area contributed by atoms with Crippen LogP contribution in [0, 0.1) is 0 Å². The van der Waals surface area contributed by atoms with Gasteiger partial charge in [0.2, 0.25) is 0 Å². The lowest BCUT2D eigenvalue weighted by Crippen LogP contribution is -2.18. The quantitative estimate of drug-likeness (QED) is 0.238. The monoisotopic (exact) mass is 550 g/mol. The molecule has 4 N–H and O–H groups in total. The van der Waals surface area contributed by atoms with Gasteiger partial charge in [0.25, 0.3) is 0 Å². The topological polar surface area (TPSA) is 168 Å². The summed E-state index contributed by atoms with van der Waals surface area (Å²) in [6.07, 6.45) is 0. The first-order chi connectivity index (χ1) is 18.4. The summed E-state index contributed by atoms with van der Waals surface area (Å²) in [5, 5.41) is 38.6. The van der Waals surface area contributed by atoms with Crippen molar-refractivity contribution in [3.8, 4) is 23.0 Å². The summed E-state index contributed by atoms with van der Waals surface area (Å²) in [5.41, 5.74) is -2.03. The largest absolute Gasteiger partial charge is 0.478 e. The van der Waals surface area contributed by atoms with E-state index in [4.69, 9.17) is 9.47 Å². The highest BCUT2D eigenvalue weighted by Gasteiger charge is 2.30. The van der Waals surface area contributed by atoms with E-state index in [1.165, 1.54) is 36.4 Å². The van der Waals surface area contributed by atoms with Gasteiger partial charge in [-0.15, -0.1) is 0 Å². The van der Waals surface area contributed by atoms with Gasteiger partial charge in [0.1, 0.15) is 34.1 Å². The van der Waals surface area contributed by atoms with Crippen LogP contribution in [0.15, 0.2) is 48.5 Å². The number of carbonyl (C=O) groups is 4. The smallest absolute Gasteiger partial charge is 0.340 e. The third-order valence-corrected chi connectivity index (χ3v) is 6.08. The molecule has 210 valence electrons. The van der Waals surface area contributed by atoms with Crippen LogP contribution in [0.1, 0.15) is 94.1 Å². The highest BCUT2D eigenvalue weighted by atomic mass is 16.5. The minimum Gasteiger partial charge on any atom is -0.478 e. The minimum atomic E-state index is -1.47. The molecule has 0 heterocycles. The summed E-state index contributed by atoms with van der Waals surface area (Å²) in [7, 11) is 0. The van der Waals surface area contributed by atoms with E-state index in [2.05, 4.69) is 0 Å². The third kappa shape index (κ3) is 6.06. The lowest BCUT2D eigenvalue weighted by Gasteiger charge is -2.29. The van der Waals surface area contributed by atoms with E-state index in [1.54, 1.807) is 12.1 Å². The molecule has 3 aromatic carbocycles. The maximum absolute atomic E-state index is 12.0. The van der Waals surface area contributed by atoms with Gasteiger partial charge in [-0.3, -0.25) is 0 Å². The number of carboxylic acid groups (broad SMARTS) is 4. The van der Waals surface area contributed by atoms with E-state index in [0.717, 1.165) is 0 Å². The fourth-order valence-electron chi connectivity index (χ4n) is 4.17. The Hall–Kier alpha value is -4.86. The summed E-state index contributed by atoms with van der Waals surface area (Å²) in [6.45, 7) is 11.2. The van der Waals surface area contributed by atoms with Gasteiger partial charge in [0.05, 0.1) is 11.1 Å². The van der Waals surface area contributed by atoms with Gasteiger partial charge in [0.15, 0.2) is 0 Å². The van der Waals surface area contributed by atoms with Crippen molar-refractivity contribution in [3.05, 3.63) is 81.9 Å². The van der Waals surface area contributed by atoms with Gasteiger partial charge in [0, 0.05) is 11.1 Å². The molecule has 0 aliphatic heterocycles. The second-order valence-corrected chi connectivity index (χ2v) is 11.1. The van der Waals surface area contributed by atoms with Crippen molar-refractivity contribution in [1.29, 1.82) is 0 Å².